The lowest BCUT2D eigenvalue weighted by atomic mass is 10.1. The highest BCUT2D eigenvalue weighted by Crippen LogP contribution is 2.34. The van der Waals surface area contributed by atoms with Crippen molar-refractivity contribution in [1.29, 1.82) is 5.26 Å². The average Bonchev–Trinajstić information content (AvgIpc) is 2.67. The van der Waals surface area contributed by atoms with Crippen molar-refractivity contribution in [2.24, 2.45) is 0 Å². The van der Waals surface area contributed by atoms with Crippen LogP contribution in [0.5, 0.6) is 11.5 Å². The maximum atomic E-state index is 12.5. The molecule has 150 valence electrons. The summed E-state index contributed by atoms with van der Waals surface area (Å²) in [7, 11) is 1.52. The first-order valence-corrected chi connectivity index (χ1v) is 9.63. The summed E-state index contributed by atoms with van der Waals surface area (Å²) in [5, 5.41) is 23.1. The van der Waals surface area contributed by atoms with E-state index in [9.17, 15) is 20.2 Å². The highest BCUT2D eigenvalue weighted by Gasteiger charge is 2.19. The summed E-state index contributed by atoms with van der Waals surface area (Å²) in [6.45, 7) is 2.23. The first kappa shape index (κ1) is 22.4. The van der Waals surface area contributed by atoms with Gasteiger partial charge in [0.25, 0.3) is 11.6 Å². The number of nitro benzene ring substituents is 1. The van der Waals surface area contributed by atoms with Gasteiger partial charge in [-0.15, -0.1) is 0 Å². The number of carbonyl (C=O) groups is 1. The van der Waals surface area contributed by atoms with E-state index in [1.165, 1.54) is 25.3 Å². The van der Waals surface area contributed by atoms with Gasteiger partial charge < -0.3 is 14.8 Å². The number of methoxy groups -OCH3 is 1. The lowest BCUT2D eigenvalue weighted by Crippen LogP contribution is -2.14. The highest BCUT2D eigenvalue weighted by molar-refractivity contribution is 14.1. The molecular weight excluding hydrogens is 513 g/mol. The van der Waals surface area contributed by atoms with Crippen LogP contribution in [0, 0.1) is 25.0 Å². The van der Waals surface area contributed by atoms with Crippen molar-refractivity contribution in [1.82, 2.24) is 0 Å². The van der Waals surface area contributed by atoms with Crippen molar-refractivity contribution < 1.29 is 19.2 Å². The molecule has 0 unspecified atom stereocenters. The maximum absolute atomic E-state index is 12.5. The molecule has 2 aromatic rings. The van der Waals surface area contributed by atoms with Gasteiger partial charge in [0, 0.05) is 11.1 Å². The van der Waals surface area contributed by atoms with Gasteiger partial charge in [0.15, 0.2) is 11.5 Å². The van der Waals surface area contributed by atoms with E-state index in [1.807, 2.05) is 13.0 Å². The summed E-state index contributed by atoms with van der Waals surface area (Å²) in [4.78, 5) is 23.0. The van der Waals surface area contributed by atoms with Crippen molar-refractivity contribution in [2.75, 3.05) is 19.0 Å². The number of nitriles is 1. The molecule has 2 aromatic carbocycles. The molecule has 0 atom stereocenters. The van der Waals surface area contributed by atoms with E-state index in [4.69, 9.17) is 21.1 Å². The smallest absolute Gasteiger partial charge is 0.294 e. The van der Waals surface area contributed by atoms with Crippen LogP contribution >= 0.6 is 34.2 Å². The summed E-state index contributed by atoms with van der Waals surface area (Å²) in [6, 6.07) is 8.99. The Hall–Kier alpha value is -2.84. The summed E-state index contributed by atoms with van der Waals surface area (Å²) in [5.74, 6) is 0.227. The molecule has 0 saturated carbocycles. The third-order valence-corrected chi connectivity index (χ3v) is 4.65. The fourth-order valence-electron chi connectivity index (χ4n) is 2.40. The van der Waals surface area contributed by atoms with Crippen molar-refractivity contribution in [3.8, 4) is 17.6 Å². The Labute approximate surface area is 185 Å². The number of rotatable bonds is 7. The first-order chi connectivity index (χ1) is 13.8. The second-order valence-electron chi connectivity index (χ2n) is 5.51. The molecule has 2 rings (SSSR count). The zero-order chi connectivity index (χ0) is 21.6. The van der Waals surface area contributed by atoms with Gasteiger partial charge in [-0.1, -0.05) is 11.6 Å². The number of benzene rings is 2. The van der Waals surface area contributed by atoms with Gasteiger partial charge in [-0.3, -0.25) is 14.9 Å². The number of hydrogen-bond donors (Lipinski definition) is 1. The molecule has 0 heterocycles. The third kappa shape index (κ3) is 5.58. The van der Waals surface area contributed by atoms with Crippen molar-refractivity contribution in [2.45, 2.75) is 6.92 Å². The topological polar surface area (TPSA) is 114 Å². The molecule has 0 aliphatic rings. The Morgan fingerprint density at radius 3 is 2.72 bits per heavy atom. The van der Waals surface area contributed by atoms with E-state index in [2.05, 4.69) is 27.9 Å². The molecule has 0 radical (unpaired) electrons. The molecule has 0 aromatic heterocycles. The molecule has 0 bridgehead atoms. The zero-order valence-electron chi connectivity index (χ0n) is 15.4. The Kier molecular flexibility index (Phi) is 7.81. The summed E-state index contributed by atoms with van der Waals surface area (Å²) in [5.41, 5.74) is -0.140. The number of ether oxygens (including phenoxy) is 2. The summed E-state index contributed by atoms with van der Waals surface area (Å²) in [6.07, 6.45) is 1.36. The van der Waals surface area contributed by atoms with E-state index in [-0.39, 0.29) is 22.0 Å². The molecule has 1 amide bonds. The summed E-state index contributed by atoms with van der Waals surface area (Å²) < 4.78 is 11.6. The molecular formula is C19H15ClIN3O5. The maximum Gasteiger partial charge on any atom is 0.294 e. The molecule has 0 aliphatic carbocycles. The fraction of sp³-hybridized carbons (Fsp3) is 0.158. The van der Waals surface area contributed by atoms with Crippen LogP contribution in [-0.4, -0.2) is 24.5 Å². The Morgan fingerprint density at radius 1 is 1.41 bits per heavy atom. The second kappa shape index (κ2) is 10.1. The number of nitro groups is 1. The number of anilines is 1. The number of halogens is 2. The molecule has 10 heteroatoms. The minimum atomic E-state index is -0.790. The van der Waals surface area contributed by atoms with Gasteiger partial charge in [-0.2, -0.15) is 5.26 Å². The summed E-state index contributed by atoms with van der Waals surface area (Å²) >= 11 is 7.83. The molecule has 8 nitrogen and oxygen atoms in total. The van der Waals surface area contributed by atoms with Crippen LogP contribution in [0.15, 0.2) is 35.9 Å². The van der Waals surface area contributed by atoms with E-state index in [1.54, 1.807) is 12.1 Å². The van der Waals surface area contributed by atoms with Gasteiger partial charge in [0.05, 0.1) is 22.2 Å². The van der Waals surface area contributed by atoms with Crippen molar-refractivity contribution >= 4 is 57.5 Å². The average molecular weight is 528 g/mol. The fourth-order valence-corrected chi connectivity index (χ4v) is 3.41. The van der Waals surface area contributed by atoms with Gasteiger partial charge in [0.1, 0.15) is 17.3 Å². The van der Waals surface area contributed by atoms with Crippen LogP contribution < -0.4 is 14.8 Å². The number of hydrogen-bond acceptors (Lipinski definition) is 6. The Morgan fingerprint density at radius 2 is 2.14 bits per heavy atom. The van der Waals surface area contributed by atoms with Gasteiger partial charge in [0.2, 0.25) is 0 Å². The minimum absolute atomic E-state index is 0.0649. The predicted octanol–water partition coefficient (Wildman–Crippen LogP) is 4.81. The first-order valence-electron chi connectivity index (χ1n) is 8.18. The minimum Gasteiger partial charge on any atom is -0.492 e. The molecule has 0 aliphatic heterocycles. The third-order valence-electron chi connectivity index (χ3n) is 3.62. The lowest BCUT2D eigenvalue weighted by molar-refractivity contribution is -0.383. The Bertz CT molecular complexity index is 1030. The van der Waals surface area contributed by atoms with E-state index in [0.717, 1.165) is 9.64 Å². The number of carbonyl (C=O) groups excluding carboxylic acids is 1. The largest absolute Gasteiger partial charge is 0.492 e. The number of nitrogens with one attached hydrogen (secondary N) is 1. The second-order valence-corrected chi connectivity index (χ2v) is 7.11. The van der Waals surface area contributed by atoms with E-state index < -0.39 is 10.8 Å². The monoisotopic (exact) mass is 527 g/mol. The SMILES string of the molecule is CCOc1cc(C=C(C#N)C(=O)Nc2ccc(Cl)cc2[N+](=O)[O-])cc(I)c1OC. The molecule has 0 spiro atoms. The standard InChI is InChI=1S/C19H15ClIN3O5/c1-3-29-17-8-11(7-14(21)18(17)28-2)6-12(10-22)19(25)23-15-5-4-13(20)9-16(15)24(26)27/h4-9H,3H2,1-2H3,(H,23,25). The van der Waals surface area contributed by atoms with Crippen LogP contribution in [0.2, 0.25) is 5.02 Å². The lowest BCUT2D eigenvalue weighted by Gasteiger charge is -2.12. The molecule has 0 saturated heterocycles. The molecule has 1 N–H and O–H groups in total. The normalized spacial score (nSPS) is 10.8. The van der Waals surface area contributed by atoms with Crippen molar-refractivity contribution in [3.05, 3.63) is 60.2 Å². The van der Waals surface area contributed by atoms with Gasteiger partial charge in [-0.05, 0) is 65.4 Å². The van der Waals surface area contributed by atoms with Crippen molar-refractivity contribution in [3.63, 3.8) is 0 Å². The van der Waals surface area contributed by atoms with Gasteiger partial charge in [-0.25, -0.2) is 0 Å². The molecule has 0 fully saturated rings. The van der Waals surface area contributed by atoms with Crippen LogP contribution in [0.1, 0.15) is 12.5 Å². The predicted molar refractivity (Wildman–Crippen MR) is 117 cm³/mol. The van der Waals surface area contributed by atoms with Crippen LogP contribution in [0.4, 0.5) is 11.4 Å². The zero-order valence-corrected chi connectivity index (χ0v) is 18.3. The van der Waals surface area contributed by atoms with E-state index >= 15 is 0 Å². The molecule has 29 heavy (non-hydrogen) atoms. The quantitative estimate of drug-likeness (QED) is 0.182. The van der Waals surface area contributed by atoms with Crippen LogP contribution in [0.25, 0.3) is 6.08 Å². The van der Waals surface area contributed by atoms with Crippen LogP contribution in [-0.2, 0) is 4.79 Å². The van der Waals surface area contributed by atoms with Crippen LogP contribution in [0.3, 0.4) is 0 Å². The van der Waals surface area contributed by atoms with E-state index in [0.29, 0.717) is 23.7 Å². The Balaban J connectivity index is 2.39. The number of amides is 1. The number of nitrogens with zero attached hydrogens (tertiary/aromatic N) is 2. The highest BCUT2D eigenvalue weighted by atomic mass is 127. The van der Waals surface area contributed by atoms with Gasteiger partial charge >= 0.3 is 0 Å².